The maximum absolute atomic E-state index is 6.53. The number of benzene rings is 7. The molecule has 1 aliphatic carbocycles. The highest BCUT2D eigenvalue weighted by Crippen LogP contribution is 2.58. The van der Waals surface area contributed by atoms with Gasteiger partial charge in [-0.3, -0.25) is 0 Å². The van der Waals surface area contributed by atoms with Gasteiger partial charge in [-0.1, -0.05) is 115 Å². The van der Waals surface area contributed by atoms with Crippen molar-refractivity contribution in [3.63, 3.8) is 0 Å². The molecule has 45 heavy (non-hydrogen) atoms. The van der Waals surface area contributed by atoms with Gasteiger partial charge in [-0.05, 0) is 81.9 Å². The van der Waals surface area contributed by atoms with Crippen LogP contribution in [0.3, 0.4) is 0 Å². The summed E-state index contributed by atoms with van der Waals surface area (Å²) in [4.78, 5) is 0. The minimum Gasteiger partial charge on any atom is -0.456 e. The molecule has 0 amide bonds. The maximum atomic E-state index is 6.53. The van der Waals surface area contributed by atoms with Gasteiger partial charge in [-0.25, -0.2) is 0 Å². The summed E-state index contributed by atoms with van der Waals surface area (Å²) in [6.07, 6.45) is 0. The van der Waals surface area contributed by atoms with Crippen LogP contribution in [0.25, 0.3) is 60.6 Å². The van der Waals surface area contributed by atoms with E-state index in [1.54, 1.807) is 0 Å². The molecule has 210 valence electrons. The summed E-state index contributed by atoms with van der Waals surface area (Å²) in [6, 6.07) is 59.5. The van der Waals surface area contributed by atoms with Crippen LogP contribution in [0, 0.1) is 0 Å². The molecule has 0 fully saturated rings. The molecule has 2 heterocycles. The first kappa shape index (κ1) is 24.6. The van der Waals surface area contributed by atoms with Crippen LogP contribution >= 0.6 is 0 Å². The largest absolute Gasteiger partial charge is 0.456 e. The highest BCUT2D eigenvalue weighted by atomic mass is 16.3. The Morgan fingerprint density at radius 2 is 0.956 bits per heavy atom. The molecule has 0 aliphatic heterocycles. The third-order valence-corrected chi connectivity index (χ3v) is 9.85. The second-order valence-electron chi connectivity index (χ2n) is 12.1. The lowest BCUT2D eigenvalue weighted by Crippen LogP contribution is -2.28. The molecule has 7 aromatic carbocycles. The molecule has 2 heteroatoms. The zero-order valence-corrected chi connectivity index (χ0v) is 24.4. The molecule has 10 rings (SSSR count). The lowest BCUT2D eigenvalue weighted by atomic mass is 9.67. The molecule has 2 aromatic heterocycles. The first-order valence-corrected chi connectivity index (χ1v) is 15.5. The van der Waals surface area contributed by atoms with Gasteiger partial charge in [-0.2, -0.15) is 0 Å². The summed E-state index contributed by atoms with van der Waals surface area (Å²) in [7, 11) is 0. The molecule has 0 spiro atoms. The van der Waals surface area contributed by atoms with Gasteiger partial charge >= 0.3 is 0 Å². The summed E-state index contributed by atoms with van der Waals surface area (Å²) >= 11 is 0. The molecule has 9 aromatic rings. The average Bonchev–Trinajstić information content (AvgIpc) is 3.73. The van der Waals surface area contributed by atoms with E-state index in [2.05, 4.69) is 162 Å². The van der Waals surface area contributed by atoms with Gasteiger partial charge in [0.05, 0.1) is 16.4 Å². The van der Waals surface area contributed by atoms with Crippen molar-refractivity contribution in [3.05, 3.63) is 186 Å². The fourth-order valence-electron chi connectivity index (χ4n) is 8.02. The second-order valence-corrected chi connectivity index (χ2v) is 12.1. The Morgan fingerprint density at radius 3 is 1.67 bits per heavy atom. The smallest absolute Gasteiger partial charge is 0.135 e. The number of furan rings is 1. The van der Waals surface area contributed by atoms with Crippen molar-refractivity contribution in [2.75, 3.05) is 0 Å². The molecule has 0 N–H and O–H groups in total. The van der Waals surface area contributed by atoms with E-state index in [0.29, 0.717) is 0 Å². The monoisotopic (exact) mass is 573 g/mol. The van der Waals surface area contributed by atoms with Crippen LogP contribution in [0.2, 0.25) is 0 Å². The van der Waals surface area contributed by atoms with E-state index >= 15 is 0 Å². The summed E-state index contributed by atoms with van der Waals surface area (Å²) in [6.45, 7) is 0. The van der Waals surface area contributed by atoms with Gasteiger partial charge in [0.25, 0.3) is 0 Å². The van der Waals surface area contributed by atoms with E-state index in [4.69, 9.17) is 4.42 Å². The summed E-state index contributed by atoms with van der Waals surface area (Å²) < 4.78 is 8.96. The molecular weight excluding hydrogens is 546 g/mol. The molecule has 1 aliphatic rings. The van der Waals surface area contributed by atoms with Crippen LogP contribution in [0.5, 0.6) is 0 Å². The number of para-hydroxylation sites is 3. The van der Waals surface area contributed by atoms with Gasteiger partial charge in [-0.15, -0.1) is 0 Å². The minimum absolute atomic E-state index is 0.535. The van der Waals surface area contributed by atoms with Crippen LogP contribution in [-0.2, 0) is 5.41 Å². The fourth-order valence-corrected chi connectivity index (χ4v) is 8.02. The van der Waals surface area contributed by atoms with Crippen LogP contribution in [-0.4, -0.2) is 4.57 Å². The van der Waals surface area contributed by atoms with E-state index in [1.807, 2.05) is 6.07 Å². The molecule has 0 unspecified atom stereocenters. The lowest BCUT2D eigenvalue weighted by molar-refractivity contribution is 0.666. The van der Waals surface area contributed by atoms with E-state index < -0.39 is 5.41 Å². The normalized spacial score (nSPS) is 13.5. The predicted molar refractivity (Wildman–Crippen MR) is 185 cm³/mol. The number of hydrogen-bond acceptors (Lipinski definition) is 1. The number of nitrogens with zero attached hydrogens (tertiary/aromatic N) is 1. The summed E-state index contributed by atoms with van der Waals surface area (Å²) in [5.74, 6) is 0. The van der Waals surface area contributed by atoms with Crippen LogP contribution in [0.4, 0.5) is 0 Å². The standard InChI is InChI=1S/C43H27NO/c1-4-14-28(15-5-1)43(29-16-6-2-7-17-29)37-26-40-35(31-20-10-12-22-39(31)44(40)30-18-8-3-9-19-30)24-33(37)34-25-36-32-21-11-13-23-41(32)45-42(36)27-38(34)43/h1-27H. The molecule has 0 atom stereocenters. The van der Waals surface area contributed by atoms with Gasteiger partial charge < -0.3 is 8.98 Å². The van der Waals surface area contributed by atoms with E-state index in [-0.39, 0.29) is 0 Å². The average molecular weight is 574 g/mol. The molecule has 0 bridgehead atoms. The number of fused-ring (bicyclic) bond motifs is 9. The van der Waals surface area contributed by atoms with E-state index in [0.717, 1.165) is 27.6 Å². The SMILES string of the molecule is c1ccc(-n2c3ccccc3c3cc4c(cc32)C(c2ccccc2)(c2ccccc2)c2cc3oc5ccccc5c3cc2-4)cc1. The Morgan fingerprint density at radius 1 is 0.400 bits per heavy atom. The van der Waals surface area contributed by atoms with Crippen molar-refractivity contribution in [1.82, 2.24) is 4.57 Å². The second kappa shape index (κ2) is 9.07. The predicted octanol–water partition coefficient (Wildman–Crippen LogP) is 11.0. The van der Waals surface area contributed by atoms with Crippen molar-refractivity contribution in [2.24, 2.45) is 0 Å². The summed E-state index contributed by atoms with van der Waals surface area (Å²) in [5, 5.41) is 4.82. The molecular formula is C43H27NO. The summed E-state index contributed by atoms with van der Waals surface area (Å²) in [5.41, 5.74) is 12.4. The molecule has 2 nitrogen and oxygen atoms in total. The fraction of sp³-hybridized carbons (Fsp3) is 0.0233. The Hall–Kier alpha value is -5.86. The van der Waals surface area contributed by atoms with Gasteiger partial charge in [0.15, 0.2) is 0 Å². The van der Waals surface area contributed by atoms with Crippen molar-refractivity contribution in [3.8, 4) is 16.8 Å². The third-order valence-electron chi connectivity index (χ3n) is 9.85. The van der Waals surface area contributed by atoms with Gasteiger partial charge in [0.2, 0.25) is 0 Å². The minimum atomic E-state index is -0.535. The molecule has 0 saturated heterocycles. The topological polar surface area (TPSA) is 18.1 Å². The number of aromatic nitrogens is 1. The van der Waals surface area contributed by atoms with E-state index in [9.17, 15) is 0 Å². The first-order chi connectivity index (χ1) is 22.3. The highest BCUT2D eigenvalue weighted by molar-refractivity contribution is 6.13. The van der Waals surface area contributed by atoms with Gasteiger partial charge in [0, 0.05) is 27.2 Å². The maximum Gasteiger partial charge on any atom is 0.135 e. The Kier molecular flexibility index (Phi) is 4.95. The highest BCUT2D eigenvalue weighted by Gasteiger charge is 2.47. The zero-order valence-electron chi connectivity index (χ0n) is 24.4. The van der Waals surface area contributed by atoms with Crippen molar-refractivity contribution >= 4 is 43.7 Å². The van der Waals surface area contributed by atoms with Crippen molar-refractivity contribution in [2.45, 2.75) is 5.41 Å². The quantitative estimate of drug-likeness (QED) is 0.206. The van der Waals surface area contributed by atoms with Crippen LogP contribution in [0.15, 0.2) is 168 Å². The lowest BCUT2D eigenvalue weighted by Gasteiger charge is -2.34. The number of hydrogen-bond donors (Lipinski definition) is 0. The molecule has 0 saturated carbocycles. The van der Waals surface area contributed by atoms with Crippen molar-refractivity contribution in [1.29, 1.82) is 0 Å². The third kappa shape index (κ3) is 3.23. The number of rotatable bonds is 3. The van der Waals surface area contributed by atoms with Crippen LogP contribution in [0.1, 0.15) is 22.3 Å². The Labute approximate surface area is 260 Å². The van der Waals surface area contributed by atoms with E-state index in [1.165, 1.54) is 55.2 Å². The van der Waals surface area contributed by atoms with Gasteiger partial charge in [0.1, 0.15) is 11.2 Å². The Bertz CT molecular complexity index is 2530. The first-order valence-electron chi connectivity index (χ1n) is 15.5. The zero-order chi connectivity index (χ0) is 29.5. The van der Waals surface area contributed by atoms with Crippen molar-refractivity contribution < 1.29 is 4.42 Å². The van der Waals surface area contributed by atoms with Crippen LogP contribution < -0.4 is 0 Å². The Balaban J connectivity index is 1.43. The molecule has 0 radical (unpaired) electrons.